The molecule has 0 bridgehead atoms. The monoisotopic (exact) mass is 344 g/mol. The molecule has 0 radical (unpaired) electrons. The molecule has 2 aromatic rings. The van der Waals surface area contributed by atoms with Crippen LogP contribution >= 0.6 is 11.6 Å². The van der Waals surface area contributed by atoms with Crippen molar-refractivity contribution in [1.82, 2.24) is 15.3 Å². The van der Waals surface area contributed by atoms with Crippen molar-refractivity contribution < 1.29 is 9.59 Å². The summed E-state index contributed by atoms with van der Waals surface area (Å²) in [5.41, 5.74) is 1.73. The summed E-state index contributed by atoms with van der Waals surface area (Å²) >= 11 is 5.87. The van der Waals surface area contributed by atoms with Gasteiger partial charge in [-0.3, -0.25) is 9.59 Å². The molecular formula is C17H17ClN4O2. The number of carbonyl (C=O) groups is 2. The summed E-state index contributed by atoms with van der Waals surface area (Å²) in [4.78, 5) is 33.9. The van der Waals surface area contributed by atoms with Crippen molar-refractivity contribution in [2.24, 2.45) is 5.92 Å². The van der Waals surface area contributed by atoms with E-state index < -0.39 is 0 Å². The maximum absolute atomic E-state index is 12.3. The number of rotatable bonds is 5. The predicted molar refractivity (Wildman–Crippen MR) is 90.7 cm³/mol. The number of aromatic nitrogens is 2. The van der Waals surface area contributed by atoms with Crippen LogP contribution in [0.5, 0.6) is 0 Å². The van der Waals surface area contributed by atoms with E-state index in [9.17, 15) is 9.59 Å². The van der Waals surface area contributed by atoms with Gasteiger partial charge in [0.05, 0.1) is 5.92 Å². The van der Waals surface area contributed by atoms with Crippen LogP contribution in [0, 0.1) is 5.92 Å². The van der Waals surface area contributed by atoms with E-state index in [1.165, 1.54) is 6.33 Å². The van der Waals surface area contributed by atoms with Crippen LogP contribution in [0.4, 0.5) is 5.69 Å². The minimum atomic E-state index is -0.333. The van der Waals surface area contributed by atoms with Crippen molar-refractivity contribution in [2.45, 2.75) is 12.8 Å². The topological polar surface area (TPSA) is 75.2 Å². The van der Waals surface area contributed by atoms with Gasteiger partial charge in [-0.1, -0.05) is 11.6 Å². The fourth-order valence-electron chi connectivity index (χ4n) is 2.69. The van der Waals surface area contributed by atoms with Crippen LogP contribution in [0.25, 0.3) is 0 Å². The van der Waals surface area contributed by atoms with Crippen LogP contribution in [0.15, 0.2) is 43.0 Å². The second-order valence-electron chi connectivity index (χ2n) is 5.67. The molecule has 1 unspecified atom stereocenters. The molecule has 1 aromatic heterocycles. The van der Waals surface area contributed by atoms with Crippen LogP contribution < -0.4 is 10.2 Å². The van der Waals surface area contributed by atoms with Gasteiger partial charge in [-0.05, 0) is 36.2 Å². The predicted octanol–water partition coefficient (Wildman–Crippen LogP) is 1.84. The SMILES string of the molecule is O=C(NCCc1cncnc1)C1CC(=O)N(c2ccc(Cl)cc2)C1. The summed E-state index contributed by atoms with van der Waals surface area (Å²) in [6, 6.07) is 7.05. The summed E-state index contributed by atoms with van der Waals surface area (Å²) in [7, 11) is 0. The quantitative estimate of drug-likeness (QED) is 0.898. The second-order valence-corrected chi connectivity index (χ2v) is 6.11. The summed E-state index contributed by atoms with van der Waals surface area (Å²) in [5, 5.41) is 3.50. The highest BCUT2D eigenvalue weighted by molar-refractivity contribution is 6.30. The van der Waals surface area contributed by atoms with Gasteiger partial charge in [0.1, 0.15) is 6.33 Å². The standard InChI is InChI=1S/C17H17ClN4O2/c18-14-1-3-15(4-2-14)22-10-13(7-16(22)23)17(24)21-6-5-12-8-19-11-20-9-12/h1-4,8-9,11,13H,5-7,10H2,(H,21,24). The largest absolute Gasteiger partial charge is 0.355 e. The molecule has 2 heterocycles. The number of nitrogens with one attached hydrogen (secondary N) is 1. The van der Waals surface area contributed by atoms with Gasteiger partial charge >= 0.3 is 0 Å². The van der Waals surface area contributed by atoms with Crippen molar-refractivity contribution in [3.63, 3.8) is 0 Å². The smallest absolute Gasteiger partial charge is 0.227 e. The van der Waals surface area contributed by atoms with Crippen LogP contribution in [0.2, 0.25) is 5.02 Å². The molecule has 1 aliphatic heterocycles. The lowest BCUT2D eigenvalue weighted by Crippen LogP contribution is -2.34. The highest BCUT2D eigenvalue weighted by atomic mass is 35.5. The number of anilines is 1. The van der Waals surface area contributed by atoms with Gasteiger partial charge in [-0.2, -0.15) is 0 Å². The average Bonchev–Trinajstić information content (AvgIpc) is 2.98. The molecule has 3 rings (SSSR count). The van der Waals surface area contributed by atoms with Crippen LogP contribution in [0.3, 0.4) is 0 Å². The minimum absolute atomic E-state index is 0.0473. The van der Waals surface area contributed by atoms with Crippen LogP contribution in [-0.2, 0) is 16.0 Å². The third-order valence-corrected chi connectivity index (χ3v) is 4.21. The van der Waals surface area contributed by atoms with Gasteiger partial charge in [0, 0.05) is 42.6 Å². The zero-order valence-corrected chi connectivity index (χ0v) is 13.7. The fourth-order valence-corrected chi connectivity index (χ4v) is 2.81. The summed E-state index contributed by atoms with van der Waals surface area (Å²) in [6.45, 7) is 0.887. The molecule has 1 saturated heterocycles. The van der Waals surface area contributed by atoms with E-state index >= 15 is 0 Å². The van der Waals surface area contributed by atoms with Gasteiger partial charge in [-0.25, -0.2) is 9.97 Å². The molecule has 1 fully saturated rings. The molecule has 2 amide bonds. The van der Waals surface area contributed by atoms with Gasteiger partial charge in [0.2, 0.25) is 11.8 Å². The molecule has 1 N–H and O–H groups in total. The second kappa shape index (κ2) is 7.40. The minimum Gasteiger partial charge on any atom is -0.355 e. The Morgan fingerprint density at radius 2 is 1.96 bits per heavy atom. The van der Waals surface area contributed by atoms with Crippen molar-refractivity contribution >= 4 is 29.1 Å². The van der Waals surface area contributed by atoms with Crippen molar-refractivity contribution in [2.75, 3.05) is 18.0 Å². The Bertz CT molecular complexity index is 721. The van der Waals surface area contributed by atoms with E-state index in [1.54, 1.807) is 41.6 Å². The zero-order chi connectivity index (χ0) is 16.9. The van der Waals surface area contributed by atoms with E-state index in [2.05, 4.69) is 15.3 Å². The molecule has 1 aliphatic rings. The Kier molecular flexibility index (Phi) is 5.05. The first-order valence-corrected chi connectivity index (χ1v) is 8.09. The molecule has 24 heavy (non-hydrogen) atoms. The molecular weight excluding hydrogens is 328 g/mol. The first kappa shape index (κ1) is 16.4. The van der Waals surface area contributed by atoms with Gasteiger partial charge < -0.3 is 10.2 Å². The summed E-state index contributed by atoms with van der Waals surface area (Å²) < 4.78 is 0. The lowest BCUT2D eigenvalue weighted by atomic mass is 10.1. The molecule has 7 heteroatoms. The first-order valence-electron chi connectivity index (χ1n) is 7.71. The number of benzene rings is 1. The Labute approximate surface area is 144 Å². The molecule has 0 saturated carbocycles. The van der Waals surface area contributed by atoms with E-state index in [0.29, 0.717) is 24.5 Å². The first-order chi connectivity index (χ1) is 11.6. The molecule has 1 aromatic carbocycles. The van der Waals surface area contributed by atoms with Crippen molar-refractivity contribution in [1.29, 1.82) is 0 Å². The number of halogens is 1. The number of nitrogens with zero attached hydrogens (tertiary/aromatic N) is 3. The Morgan fingerprint density at radius 3 is 2.67 bits per heavy atom. The summed E-state index contributed by atoms with van der Waals surface area (Å²) in [6.07, 6.45) is 5.80. The lowest BCUT2D eigenvalue weighted by Gasteiger charge is -2.16. The Balaban J connectivity index is 1.53. The maximum Gasteiger partial charge on any atom is 0.227 e. The molecule has 6 nitrogen and oxygen atoms in total. The lowest BCUT2D eigenvalue weighted by molar-refractivity contribution is -0.126. The fraction of sp³-hybridized carbons (Fsp3) is 0.294. The number of hydrogen-bond donors (Lipinski definition) is 1. The van der Waals surface area contributed by atoms with Gasteiger partial charge in [-0.15, -0.1) is 0 Å². The molecule has 0 aliphatic carbocycles. The van der Waals surface area contributed by atoms with E-state index in [4.69, 9.17) is 11.6 Å². The Morgan fingerprint density at radius 1 is 1.25 bits per heavy atom. The van der Waals surface area contributed by atoms with Gasteiger partial charge in [0.25, 0.3) is 0 Å². The molecule has 0 spiro atoms. The van der Waals surface area contributed by atoms with Crippen LogP contribution in [-0.4, -0.2) is 34.9 Å². The third kappa shape index (κ3) is 3.89. The van der Waals surface area contributed by atoms with Crippen molar-refractivity contribution in [3.8, 4) is 0 Å². The molecule has 124 valence electrons. The van der Waals surface area contributed by atoms with Gasteiger partial charge in [0.15, 0.2) is 0 Å². The van der Waals surface area contributed by atoms with Crippen LogP contribution in [0.1, 0.15) is 12.0 Å². The van der Waals surface area contributed by atoms with Crippen molar-refractivity contribution in [3.05, 3.63) is 53.6 Å². The zero-order valence-electron chi connectivity index (χ0n) is 13.0. The van der Waals surface area contributed by atoms with E-state index in [1.807, 2.05) is 0 Å². The van der Waals surface area contributed by atoms with E-state index in [0.717, 1.165) is 11.3 Å². The van der Waals surface area contributed by atoms with E-state index in [-0.39, 0.29) is 24.2 Å². The summed E-state index contributed by atoms with van der Waals surface area (Å²) in [5.74, 6) is -0.481. The average molecular weight is 345 g/mol. The number of amides is 2. The number of hydrogen-bond acceptors (Lipinski definition) is 4. The molecule has 1 atom stereocenters. The normalized spacial score (nSPS) is 17.1. The third-order valence-electron chi connectivity index (χ3n) is 3.96. The number of carbonyl (C=O) groups excluding carboxylic acids is 2. The maximum atomic E-state index is 12.3. The highest BCUT2D eigenvalue weighted by Crippen LogP contribution is 2.26. The highest BCUT2D eigenvalue weighted by Gasteiger charge is 2.34. The Hall–Kier alpha value is -2.47.